The number of carbonyl (C=O) groups is 1. The molecule has 4 nitrogen and oxygen atoms in total. The number of para-hydroxylation sites is 1. The fourth-order valence-electron chi connectivity index (χ4n) is 4.13. The van der Waals surface area contributed by atoms with Crippen LogP contribution in [-0.2, 0) is 0 Å². The van der Waals surface area contributed by atoms with Gasteiger partial charge in [0, 0.05) is 49.9 Å². The number of nitrogens with zero attached hydrogens (tertiary/aromatic N) is 2. The zero-order chi connectivity index (χ0) is 20.8. The molecule has 1 saturated heterocycles. The fourth-order valence-corrected chi connectivity index (χ4v) is 4.13. The lowest BCUT2D eigenvalue weighted by atomic mass is 9.96. The molecular formula is C26H28N2O2. The summed E-state index contributed by atoms with van der Waals surface area (Å²) < 4.78 is 5.22. The Morgan fingerprint density at radius 3 is 2.03 bits per heavy atom. The molecule has 1 aliphatic heterocycles. The maximum Gasteiger partial charge on any atom is 0.164 e. The van der Waals surface area contributed by atoms with Crippen molar-refractivity contribution in [1.82, 2.24) is 4.90 Å². The number of ether oxygens (including phenoxy) is 1. The Morgan fingerprint density at radius 2 is 1.43 bits per heavy atom. The number of carbonyl (C=O) groups excluding carboxylic acids is 1. The molecule has 0 spiro atoms. The van der Waals surface area contributed by atoms with Crippen LogP contribution in [0.1, 0.15) is 28.4 Å². The second-order valence-corrected chi connectivity index (χ2v) is 7.64. The first-order valence-corrected chi connectivity index (χ1v) is 10.5. The molecule has 30 heavy (non-hydrogen) atoms. The van der Waals surface area contributed by atoms with E-state index in [1.165, 1.54) is 11.3 Å². The number of methoxy groups -OCH3 is 1. The van der Waals surface area contributed by atoms with E-state index in [-0.39, 0.29) is 11.8 Å². The molecule has 1 unspecified atom stereocenters. The summed E-state index contributed by atoms with van der Waals surface area (Å²) in [4.78, 5) is 18.0. The lowest BCUT2D eigenvalue weighted by Gasteiger charge is -2.40. The third-order valence-corrected chi connectivity index (χ3v) is 5.85. The first-order chi connectivity index (χ1) is 14.7. The maximum atomic E-state index is 13.1. The van der Waals surface area contributed by atoms with Gasteiger partial charge in [-0.25, -0.2) is 0 Å². The van der Waals surface area contributed by atoms with Crippen molar-refractivity contribution >= 4 is 11.5 Å². The molecule has 0 aliphatic carbocycles. The molecule has 1 atom stereocenters. The average molecular weight is 401 g/mol. The zero-order valence-electron chi connectivity index (χ0n) is 17.4. The molecule has 0 saturated carbocycles. The highest BCUT2D eigenvalue weighted by Gasteiger charge is 2.27. The minimum absolute atomic E-state index is 0.0822. The summed E-state index contributed by atoms with van der Waals surface area (Å²) in [5, 5.41) is 0. The zero-order valence-corrected chi connectivity index (χ0v) is 17.4. The van der Waals surface area contributed by atoms with Gasteiger partial charge in [-0.2, -0.15) is 0 Å². The highest BCUT2D eigenvalue weighted by molar-refractivity contribution is 5.96. The molecule has 1 fully saturated rings. The van der Waals surface area contributed by atoms with Crippen molar-refractivity contribution in [3.05, 3.63) is 96.1 Å². The summed E-state index contributed by atoms with van der Waals surface area (Å²) >= 11 is 0. The third-order valence-electron chi connectivity index (χ3n) is 5.85. The van der Waals surface area contributed by atoms with E-state index in [0.717, 1.165) is 37.5 Å². The largest absolute Gasteiger partial charge is 0.497 e. The van der Waals surface area contributed by atoms with E-state index in [0.29, 0.717) is 6.42 Å². The Labute approximate surface area is 178 Å². The van der Waals surface area contributed by atoms with E-state index in [1.54, 1.807) is 7.11 Å². The summed E-state index contributed by atoms with van der Waals surface area (Å²) in [5.74, 6) is 0.931. The van der Waals surface area contributed by atoms with E-state index < -0.39 is 0 Å². The number of anilines is 1. The van der Waals surface area contributed by atoms with Crippen LogP contribution in [0.4, 0.5) is 5.69 Å². The van der Waals surface area contributed by atoms with E-state index in [9.17, 15) is 4.79 Å². The fraction of sp³-hybridized carbons (Fsp3) is 0.269. The standard InChI is InChI=1S/C26H28N2O2/c1-30-24-14-12-22(13-15-24)26(29)20-25(21-8-4-2-5-9-21)28-18-16-27(17-19-28)23-10-6-3-7-11-23/h2-15,25H,16-20H2,1H3. The molecule has 0 aromatic heterocycles. The average Bonchev–Trinajstić information content (AvgIpc) is 2.84. The molecule has 4 heteroatoms. The lowest BCUT2D eigenvalue weighted by molar-refractivity contribution is 0.0910. The molecule has 3 aromatic rings. The second-order valence-electron chi connectivity index (χ2n) is 7.64. The minimum atomic E-state index is 0.0822. The van der Waals surface area contributed by atoms with Crippen molar-refractivity contribution in [2.45, 2.75) is 12.5 Å². The van der Waals surface area contributed by atoms with Gasteiger partial charge < -0.3 is 9.64 Å². The molecule has 0 N–H and O–H groups in total. The van der Waals surface area contributed by atoms with Gasteiger partial charge in [0.05, 0.1) is 7.11 Å². The smallest absolute Gasteiger partial charge is 0.164 e. The van der Waals surface area contributed by atoms with Crippen LogP contribution in [0.15, 0.2) is 84.9 Å². The Kier molecular flexibility index (Phi) is 6.45. The van der Waals surface area contributed by atoms with Crippen molar-refractivity contribution in [3.63, 3.8) is 0 Å². The highest BCUT2D eigenvalue weighted by atomic mass is 16.5. The second kappa shape index (κ2) is 9.59. The lowest BCUT2D eigenvalue weighted by Crippen LogP contribution is -2.48. The minimum Gasteiger partial charge on any atom is -0.497 e. The highest BCUT2D eigenvalue weighted by Crippen LogP contribution is 2.28. The van der Waals surface area contributed by atoms with Crippen LogP contribution in [0.2, 0.25) is 0 Å². The van der Waals surface area contributed by atoms with Gasteiger partial charge in [0.25, 0.3) is 0 Å². The predicted molar refractivity (Wildman–Crippen MR) is 121 cm³/mol. The molecular weight excluding hydrogens is 372 g/mol. The third kappa shape index (κ3) is 4.71. The van der Waals surface area contributed by atoms with Gasteiger partial charge in [0.2, 0.25) is 0 Å². The van der Waals surface area contributed by atoms with Gasteiger partial charge in [-0.3, -0.25) is 9.69 Å². The van der Waals surface area contributed by atoms with E-state index in [1.807, 2.05) is 30.3 Å². The Balaban J connectivity index is 1.49. The Hall–Kier alpha value is -3.11. The van der Waals surface area contributed by atoms with Crippen molar-refractivity contribution < 1.29 is 9.53 Å². The number of ketones is 1. The first-order valence-electron chi connectivity index (χ1n) is 10.5. The summed E-state index contributed by atoms with van der Waals surface area (Å²) in [6.07, 6.45) is 0.474. The number of Topliss-reactive ketones (excluding diaryl/α,β-unsaturated/α-hetero) is 1. The van der Waals surface area contributed by atoms with Crippen LogP contribution in [0, 0.1) is 0 Å². The Bertz CT molecular complexity index is 934. The van der Waals surface area contributed by atoms with Gasteiger partial charge in [0.1, 0.15) is 5.75 Å². The van der Waals surface area contributed by atoms with Crippen LogP contribution in [0.3, 0.4) is 0 Å². The van der Waals surface area contributed by atoms with E-state index in [2.05, 4.69) is 64.4 Å². The van der Waals surface area contributed by atoms with Gasteiger partial charge in [-0.1, -0.05) is 48.5 Å². The van der Waals surface area contributed by atoms with Crippen molar-refractivity contribution in [2.75, 3.05) is 38.2 Å². The van der Waals surface area contributed by atoms with Crippen LogP contribution in [0.5, 0.6) is 5.75 Å². The van der Waals surface area contributed by atoms with E-state index >= 15 is 0 Å². The SMILES string of the molecule is COc1ccc(C(=O)CC(c2ccccc2)N2CCN(c3ccccc3)CC2)cc1. The van der Waals surface area contributed by atoms with Crippen molar-refractivity contribution in [3.8, 4) is 5.75 Å². The molecule has 154 valence electrons. The molecule has 4 rings (SSSR count). The van der Waals surface area contributed by atoms with Gasteiger partial charge >= 0.3 is 0 Å². The number of rotatable bonds is 7. The molecule has 0 radical (unpaired) electrons. The topological polar surface area (TPSA) is 32.8 Å². The van der Waals surface area contributed by atoms with Gasteiger partial charge in [-0.15, -0.1) is 0 Å². The quantitative estimate of drug-likeness (QED) is 0.532. The molecule has 0 bridgehead atoms. The monoisotopic (exact) mass is 400 g/mol. The van der Waals surface area contributed by atoms with Crippen molar-refractivity contribution in [1.29, 1.82) is 0 Å². The molecule has 0 amide bonds. The number of hydrogen-bond donors (Lipinski definition) is 0. The first kappa shape index (κ1) is 20.2. The number of benzene rings is 3. The molecule has 3 aromatic carbocycles. The van der Waals surface area contributed by atoms with Crippen LogP contribution >= 0.6 is 0 Å². The summed E-state index contributed by atoms with van der Waals surface area (Å²) in [5.41, 5.74) is 3.20. The predicted octanol–water partition coefficient (Wildman–Crippen LogP) is 4.83. The maximum absolute atomic E-state index is 13.1. The van der Waals surface area contributed by atoms with E-state index in [4.69, 9.17) is 4.74 Å². The van der Waals surface area contributed by atoms with Crippen LogP contribution < -0.4 is 9.64 Å². The van der Waals surface area contributed by atoms with Crippen LogP contribution in [-0.4, -0.2) is 44.0 Å². The normalized spacial score (nSPS) is 15.6. The van der Waals surface area contributed by atoms with Gasteiger partial charge in [0.15, 0.2) is 5.78 Å². The van der Waals surface area contributed by atoms with Crippen molar-refractivity contribution in [2.24, 2.45) is 0 Å². The number of hydrogen-bond acceptors (Lipinski definition) is 4. The van der Waals surface area contributed by atoms with Crippen LogP contribution in [0.25, 0.3) is 0 Å². The summed E-state index contributed by atoms with van der Waals surface area (Å²) in [6, 6.07) is 28.5. The molecule has 1 heterocycles. The Morgan fingerprint density at radius 1 is 0.833 bits per heavy atom. The van der Waals surface area contributed by atoms with Gasteiger partial charge in [-0.05, 0) is 42.0 Å². The summed E-state index contributed by atoms with van der Waals surface area (Å²) in [7, 11) is 1.64. The molecule has 1 aliphatic rings. The summed E-state index contributed by atoms with van der Waals surface area (Å²) in [6.45, 7) is 3.79. The number of piperazine rings is 1.